The molecule has 0 spiro atoms. The first kappa shape index (κ1) is 16.6. The summed E-state index contributed by atoms with van der Waals surface area (Å²) in [7, 11) is -1.82. The van der Waals surface area contributed by atoms with Gasteiger partial charge in [0.05, 0.1) is 13.3 Å². The fraction of sp³-hybridized carbons (Fsp3) is 0.294. The van der Waals surface area contributed by atoms with E-state index < -0.39 is 18.2 Å². The highest BCUT2D eigenvalue weighted by Gasteiger charge is 2.50. The van der Waals surface area contributed by atoms with Crippen molar-refractivity contribution in [1.82, 2.24) is 0 Å². The van der Waals surface area contributed by atoms with Gasteiger partial charge in [0, 0.05) is 10.6 Å². The summed E-state index contributed by atoms with van der Waals surface area (Å²) >= 11 is 0. The summed E-state index contributed by atoms with van der Waals surface area (Å²) in [6.45, 7) is 1.42. The van der Waals surface area contributed by atoms with Crippen LogP contribution in [-0.2, 0) is 14.3 Å². The van der Waals surface area contributed by atoms with Crippen molar-refractivity contribution in [2.75, 3.05) is 26.4 Å². The molecule has 0 unspecified atom stereocenters. The van der Waals surface area contributed by atoms with Gasteiger partial charge in [-0.1, -0.05) is 36.4 Å². The van der Waals surface area contributed by atoms with Crippen LogP contribution in [0.4, 0.5) is 0 Å². The second-order valence-electron chi connectivity index (χ2n) is 6.11. The molecule has 1 aliphatic rings. The van der Waals surface area contributed by atoms with E-state index in [0.29, 0.717) is 13.1 Å². The summed E-state index contributed by atoms with van der Waals surface area (Å²) in [6, 6.07) is 20.9. The molecule has 23 heavy (non-hydrogen) atoms. The van der Waals surface area contributed by atoms with Gasteiger partial charge < -0.3 is 4.25 Å². The van der Waals surface area contributed by atoms with Gasteiger partial charge in [0.2, 0.25) is 0 Å². The molecule has 1 aliphatic heterocycles. The number of likely N-dealkylation sites (tertiary alicyclic amines) is 1. The zero-order valence-electron chi connectivity index (χ0n) is 13.3. The molecular weight excluding hydrogens is 329 g/mol. The van der Waals surface area contributed by atoms with Gasteiger partial charge in [-0.25, -0.2) is 0 Å². The third-order valence-corrected chi connectivity index (χ3v) is 7.48. The zero-order valence-corrected chi connectivity index (χ0v) is 15.0. The molecule has 122 valence electrons. The van der Waals surface area contributed by atoms with Crippen molar-refractivity contribution >= 4 is 28.8 Å². The highest BCUT2D eigenvalue weighted by atomic mass is 32.2. The summed E-state index contributed by atoms with van der Waals surface area (Å²) in [6.07, 6.45) is 0.903. The third kappa shape index (κ3) is 3.81. The van der Waals surface area contributed by atoms with Crippen LogP contribution in [0.15, 0.2) is 60.7 Å². The van der Waals surface area contributed by atoms with Crippen molar-refractivity contribution < 1.29 is 16.9 Å². The van der Waals surface area contributed by atoms with E-state index in [4.69, 9.17) is 4.18 Å². The fourth-order valence-corrected chi connectivity index (χ4v) is 6.77. The van der Waals surface area contributed by atoms with E-state index in [1.54, 1.807) is 0 Å². The molecule has 0 amide bonds. The van der Waals surface area contributed by atoms with Crippen LogP contribution in [0.5, 0.6) is 0 Å². The SMILES string of the molecule is C[N+]1(P(c2ccccc2)c2ccccc2)CC(OS(C)(=O)=O)C1. The maximum Gasteiger partial charge on any atom is 0.265 e. The van der Waals surface area contributed by atoms with Crippen LogP contribution in [0.25, 0.3) is 0 Å². The monoisotopic (exact) mass is 350 g/mol. The van der Waals surface area contributed by atoms with E-state index >= 15 is 0 Å². The zero-order chi connectivity index (χ0) is 16.5. The molecule has 4 nitrogen and oxygen atoms in total. The van der Waals surface area contributed by atoms with Gasteiger partial charge in [-0.05, 0) is 24.3 Å². The average Bonchev–Trinajstić information content (AvgIpc) is 2.46. The number of rotatable bonds is 5. The van der Waals surface area contributed by atoms with Crippen LogP contribution < -0.4 is 10.6 Å². The molecule has 0 aromatic heterocycles. The van der Waals surface area contributed by atoms with Crippen molar-refractivity contribution in [2.45, 2.75) is 6.10 Å². The summed E-state index contributed by atoms with van der Waals surface area (Å²) in [5, 5.41) is 2.60. The molecule has 3 rings (SSSR count). The lowest BCUT2D eigenvalue weighted by Gasteiger charge is -2.50. The Balaban J connectivity index is 1.89. The molecule has 0 saturated carbocycles. The van der Waals surface area contributed by atoms with E-state index in [9.17, 15) is 8.42 Å². The van der Waals surface area contributed by atoms with Crippen molar-refractivity contribution in [1.29, 1.82) is 0 Å². The third-order valence-electron chi connectivity index (χ3n) is 3.99. The first-order chi connectivity index (χ1) is 10.9. The van der Waals surface area contributed by atoms with E-state index in [-0.39, 0.29) is 6.10 Å². The first-order valence-corrected chi connectivity index (χ1v) is 10.6. The molecule has 0 atom stereocenters. The van der Waals surface area contributed by atoms with Crippen LogP contribution in [0.3, 0.4) is 0 Å². The van der Waals surface area contributed by atoms with Gasteiger partial charge in [0.15, 0.2) is 14.2 Å². The van der Waals surface area contributed by atoms with Gasteiger partial charge in [-0.2, -0.15) is 8.42 Å². The van der Waals surface area contributed by atoms with Gasteiger partial charge >= 0.3 is 0 Å². The molecule has 1 fully saturated rings. The topological polar surface area (TPSA) is 43.4 Å². The molecule has 0 radical (unpaired) electrons. The summed E-state index contributed by atoms with van der Waals surface area (Å²) in [4.78, 5) is 0. The van der Waals surface area contributed by atoms with Crippen LogP contribution in [0.1, 0.15) is 0 Å². The standard InChI is InChI=1S/C17H21NO3PS/c1-18(13-15(14-18)21-23(2,19)20)22(16-9-5-3-6-10-16)17-11-7-4-8-12-17/h3-12,15H,13-14H2,1-2H3/q+1. The van der Waals surface area contributed by atoms with Crippen LogP contribution >= 0.6 is 8.07 Å². The second kappa shape index (κ2) is 6.33. The smallest absolute Gasteiger partial charge is 0.265 e. The Morgan fingerprint density at radius 1 is 0.957 bits per heavy atom. The summed E-state index contributed by atoms with van der Waals surface area (Å²) in [5.74, 6) is 0. The van der Waals surface area contributed by atoms with Gasteiger partial charge in [0.1, 0.15) is 13.1 Å². The molecule has 1 saturated heterocycles. The lowest BCUT2D eigenvalue weighted by molar-refractivity contribution is -0.837. The maximum absolute atomic E-state index is 11.3. The maximum atomic E-state index is 11.3. The minimum atomic E-state index is -3.39. The quantitative estimate of drug-likeness (QED) is 0.610. The van der Waals surface area contributed by atoms with Crippen LogP contribution in [-0.4, -0.2) is 45.2 Å². The Morgan fingerprint density at radius 3 is 1.78 bits per heavy atom. The Kier molecular flexibility index (Phi) is 4.56. The fourth-order valence-electron chi connectivity index (χ4n) is 3.14. The van der Waals surface area contributed by atoms with Crippen molar-refractivity contribution in [2.24, 2.45) is 0 Å². The van der Waals surface area contributed by atoms with Gasteiger partial charge in [-0.3, -0.25) is 4.18 Å². The van der Waals surface area contributed by atoms with E-state index in [2.05, 4.69) is 55.6 Å². The summed E-state index contributed by atoms with van der Waals surface area (Å²) in [5.41, 5.74) is 0. The lowest BCUT2D eigenvalue weighted by Crippen LogP contribution is -2.63. The number of likely N-dealkylation sites (N-methyl/N-ethyl adjacent to an activating group) is 1. The molecular formula is C17H21NO3PS+. The van der Waals surface area contributed by atoms with Crippen molar-refractivity contribution in [3.8, 4) is 0 Å². The minimum absolute atomic E-state index is 0.215. The number of hydrogen-bond acceptors (Lipinski definition) is 3. The van der Waals surface area contributed by atoms with Crippen LogP contribution in [0.2, 0.25) is 0 Å². The molecule has 6 heteroatoms. The number of nitrogens with zero attached hydrogens (tertiary/aromatic N) is 1. The Hall–Kier alpha value is -1.26. The first-order valence-electron chi connectivity index (χ1n) is 7.51. The number of quaternary nitrogens is 1. The number of benzene rings is 2. The Labute approximate surface area is 139 Å². The van der Waals surface area contributed by atoms with E-state index in [1.165, 1.54) is 10.6 Å². The minimum Gasteiger partial charge on any atom is -0.300 e. The molecule has 1 heterocycles. The predicted molar refractivity (Wildman–Crippen MR) is 94.7 cm³/mol. The predicted octanol–water partition coefficient (Wildman–Crippen LogP) is 1.84. The molecule has 0 aliphatic carbocycles. The van der Waals surface area contributed by atoms with Gasteiger partial charge in [0.25, 0.3) is 10.1 Å². The Bertz CT molecular complexity index is 719. The van der Waals surface area contributed by atoms with Gasteiger partial charge in [-0.15, -0.1) is 0 Å². The number of hydrogen-bond donors (Lipinski definition) is 0. The Morgan fingerprint density at radius 2 is 1.39 bits per heavy atom. The van der Waals surface area contributed by atoms with Crippen molar-refractivity contribution in [3.05, 3.63) is 60.7 Å². The molecule has 0 bridgehead atoms. The average molecular weight is 350 g/mol. The van der Waals surface area contributed by atoms with E-state index in [0.717, 1.165) is 10.5 Å². The highest BCUT2D eigenvalue weighted by Crippen LogP contribution is 2.49. The largest absolute Gasteiger partial charge is 0.300 e. The summed E-state index contributed by atoms with van der Waals surface area (Å²) < 4.78 is 28.6. The molecule has 0 N–H and O–H groups in total. The lowest BCUT2D eigenvalue weighted by atomic mass is 10.2. The van der Waals surface area contributed by atoms with E-state index in [1.807, 2.05) is 12.1 Å². The van der Waals surface area contributed by atoms with Crippen molar-refractivity contribution in [3.63, 3.8) is 0 Å². The highest BCUT2D eigenvalue weighted by molar-refractivity contribution is 7.86. The molecule has 2 aromatic carbocycles. The normalized spacial score (nSPS) is 24.4. The van der Waals surface area contributed by atoms with Crippen LogP contribution in [0, 0.1) is 0 Å². The molecule has 2 aromatic rings. The second-order valence-corrected chi connectivity index (χ2v) is 10.3.